The Labute approximate surface area is 241 Å². The van der Waals surface area contributed by atoms with Gasteiger partial charge in [0.1, 0.15) is 17.2 Å². The highest BCUT2D eigenvalue weighted by Gasteiger charge is 2.27. The van der Waals surface area contributed by atoms with Crippen LogP contribution in [0.1, 0.15) is 34.4 Å². The molecule has 4 N–H and O–H groups in total. The highest BCUT2D eigenvalue weighted by atomic mass is 19.1. The number of fused-ring (bicyclic) bond motifs is 2. The lowest BCUT2D eigenvalue weighted by atomic mass is 9.96. The van der Waals surface area contributed by atoms with Crippen molar-refractivity contribution in [3.63, 3.8) is 0 Å². The van der Waals surface area contributed by atoms with Gasteiger partial charge in [-0.2, -0.15) is 5.10 Å². The largest absolute Gasteiger partial charge is 0.505 e. The second kappa shape index (κ2) is 11.2. The van der Waals surface area contributed by atoms with Crippen molar-refractivity contribution in [2.75, 3.05) is 39.0 Å². The van der Waals surface area contributed by atoms with Gasteiger partial charge in [-0.3, -0.25) is 9.89 Å². The lowest BCUT2D eigenvalue weighted by molar-refractivity contribution is 0.0725. The zero-order chi connectivity index (χ0) is 29.4. The summed E-state index contributed by atoms with van der Waals surface area (Å²) < 4.78 is 14.2. The van der Waals surface area contributed by atoms with Crippen LogP contribution in [0.2, 0.25) is 0 Å². The van der Waals surface area contributed by atoms with E-state index in [1.165, 1.54) is 18.3 Å². The summed E-state index contributed by atoms with van der Waals surface area (Å²) in [6.45, 7) is 4.45. The molecule has 12 heteroatoms. The van der Waals surface area contributed by atoms with Crippen LogP contribution in [0.4, 0.5) is 10.2 Å². The van der Waals surface area contributed by atoms with Gasteiger partial charge in [-0.25, -0.2) is 19.3 Å². The minimum absolute atomic E-state index is 0.188. The number of imidazole rings is 1. The number of phenolic OH excluding ortho intramolecular Hbond substituents is 1. The maximum atomic E-state index is 14.2. The van der Waals surface area contributed by atoms with Gasteiger partial charge >= 0.3 is 0 Å². The Bertz CT molecular complexity index is 1760. The van der Waals surface area contributed by atoms with E-state index in [0.29, 0.717) is 49.0 Å². The smallest absolute Gasteiger partial charge is 0.274 e. The van der Waals surface area contributed by atoms with Crippen molar-refractivity contribution in [2.24, 2.45) is 0 Å². The molecule has 0 radical (unpaired) electrons. The van der Waals surface area contributed by atoms with Crippen LogP contribution in [0.3, 0.4) is 0 Å². The fourth-order valence-corrected chi connectivity index (χ4v) is 5.21. The van der Waals surface area contributed by atoms with Crippen LogP contribution in [-0.2, 0) is 19.4 Å². The number of phenols is 1. The van der Waals surface area contributed by atoms with Gasteiger partial charge in [-0.05, 0) is 61.5 Å². The van der Waals surface area contributed by atoms with Crippen LogP contribution >= 0.6 is 0 Å². The molecule has 0 bridgehead atoms. The predicted octanol–water partition coefficient (Wildman–Crippen LogP) is 3.99. The molecule has 0 saturated heterocycles. The van der Waals surface area contributed by atoms with Crippen molar-refractivity contribution < 1.29 is 14.3 Å². The van der Waals surface area contributed by atoms with E-state index >= 15 is 0 Å². The number of aryl methyl sites for hydroxylation is 1. The van der Waals surface area contributed by atoms with Crippen LogP contribution in [0, 0.1) is 5.82 Å². The molecule has 1 amide bonds. The van der Waals surface area contributed by atoms with Gasteiger partial charge in [-0.15, -0.1) is 0 Å². The summed E-state index contributed by atoms with van der Waals surface area (Å²) in [7, 11) is 4.00. The van der Waals surface area contributed by atoms with Gasteiger partial charge in [0.05, 0.1) is 30.1 Å². The normalized spacial score (nSPS) is 13.1. The van der Waals surface area contributed by atoms with Crippen molar-refractivity contribution in [1.82, 2.24) is 39.9 Å². The number of hydrogen-bond donors (Lipinski definition) is 4. The second-order valence-corrected chi connectivity index (χ2v) is 10.7. The number of halogens is 1. The number of rotatable bonds is 8. The molecular weight excluding hydrogens is 537 g/mol. The van der Waals surface area contributed by atoms with Crippen LogP contribution in [0.25, 0.3) is 33.5 Å². The molecule has 1 aliphatic heterocycles. The Hall–Kier alpha value is -4.84. The molecule has 42 heavy (non-hydrogen) atoms. The van der Waals surface area contributed by atoms with Crippen molar-refractivity contribution in [2.45, 2.75) is 26.3 Å². The maximum absolute atomic E-state index is 14.2. The SMILES string of the molecule is CCc1cc(O)c(F)cc1-c1ccc2c(-c3nc4c([nH]3)CCN(C(=O)c3cnc(NCCN(C)C)cn3)C4)n[nH]c2c1. The summed E-state index contributed by atoms with van der Waals surface area (Å²) >= 11 is 0. The molecule has 5 aromatic rings. The predicted molar refractivity (Wildman–Crippen MR) is 158 cm³/mol. The van der Waals surface area contributed by atoms with E-state index in [-0.39, 0.29) is 11.7 Å². The molecule has 3 aromatic heterocycles. The number of carbonyl (C=O) groups excluding carboxylic acids is 1. The average molecular weight is 570 g/mol. The number of benzene rings is 2. The van der Waals surface area contributed by atoms with Gasteiger partial charge in [0.2, 0.25) is 0 Å². The number of hydrogen-bond acceptors (Lipinski definition) is 8. The number of anilines is 1. The topological polar surface area (TPSA) is 139 Å². The first kappa shape index (κ1) is 27.3. The van der Waals surface area contributed by atoms with Crippen LogP contribution < -0.4 is 5.32 Å². The summed E-state index contributed by atoms with van der Waals surface area (Å²) in [5.74, 6) is 0.0547. The van der Waals surface area contributed by atoms with E-state index in [9.17, 15) is 14.3 Å². The Morgan fingerprint density at radius 2 is 2.05 bits per heavy atom. The molecule has 0 fully saturated rings. The highest BCUT2D eigenvalue weighted by Crippen LogP contribution is 2.34. The number of nitrogens with zero attached hydrogens (tertiary/aromatic N) is 6. The summed E-state index contributed by atoms with van der Waals surface area (Å²) in [5, 5.41) is 21.4. The fourth-order valence-electron chi connectivity index (χ4n) is 5.21. The van der Waals surface area contributed by atoms with E-state index in [1.807, 2.05) is 39.2 Å². The molecule has 6 rings (SSSR count). The zero-order valence-corrected chi connectivity index (χ0v) is 23.7. The molecule has 0 unspecified atom stereocenters. The number of aromatic nitrogens is 6. The average Bonchev–Trinajstić information content (AvgIpc) is 3.61. The first-order valence-electron chi connectivity index (χ1n) is 13.9. The molecule has 0 spiro atoms. The Morgan fingerprint density at radius 1 is 1.19 bits per heavy atom. The first-order chi connectivity index (χ1) is 20.3. The lowest BCUT2D eigenvalue weighted by Gasteiger charge is -2.25. The fraction of sp³-hybridized carbons (Fsp3) is 0.300. The van der Waals surface area contributed by atoms with Gasteiger partial charge in [0.15, 0.2) is 17.4 Å². The van der Waals surface area contributed by atoms with Gasteiger partial charge in [0, 0.05) is 37.1 Å². The van der Waals surface area contributed by atoms with E-state index in [0.717, 1.165) is 52.1 Å². The van der Waals surface area contributed by atoms with Crippen molar-refractivity contribution in [3.8, 4) is 28.4 Å². The third-order valence-electron chi connectivity index (χ3n) is 7.51. The van der Waals surface area contributed by atoms with Crippen molar-refractivity contribution in [3.05, 3.63) is 71.2 Å². The monoisotopic (exact) mass is 569 g/mol. The molecule has 2 aromatic carbocycles. The summed E-state index contributed by atoms with van der Waals surface area (Å²) in [6, 6.07) is 8.61. The lowest BCUT2D eigenvalue weighted by Crippen LogP contribution is -2.36. The number of likely N-dealkylation sites (N-methyl/N-ethyl adjacent to an activating group) is 1. The second-order valence-electron chi connectivity index (χ2n) is 10.7. The number of amides is 1. The van der Waals surface area contributed by atoms with Crippen LogP contribution in [0.15, 0.2) is 42.7 Å². The Kier molecular flexibility index (Phi) is 7.29. The van der Waals surface area contributed by atoms with Crippen molar-refractivity contribution in [1.29, 1.82) is 0 Å². The number of H-pyrrole nitrogens is 2. The van der Waals surface area contributed by atoms with E-state index < -0.39 is 5.82 Å². The third-order valence-corrected chi connectivity index (χ3v) is 7.51. The molecule has 1 aliphatic rings. The summed E-state index contributed by atoms with van der Waals surface area (Å²) in [5.41, 5.74) is 5.90. The molecular formula is C30H32FN9O2. The van der Waals surface area contributed by atoms with E-state index in [4.69, 9.17) is 4.98 Å². The molecule has 0 atom stereocenters. The minimum Gasteiger partial charge on any atom is -0.505 e. The zero-order valence-electron chi connectivity index (χ0n) is 23.7. The standard InChI is InChI=1S/C30H32FN9O2/c1-4-17-12-26(41)21(31)13-20(17)18-5-6-19-23(11-18)37-38-28(19)29-35-22-7-9-40(16-25(22)36-29)30(42)24-14-34-27(15-33-24)32-8-10-39(2)3/h5-6,11-15,41H,4,7-10,16H2,1-3H3,(H,32,34)(H,35,36)(H,37,38). The van der Waals surface area contributed by atoms with Crippen LogP contribution in [0.5, 0.6) is 5.75 Å². The molecule has 0 saturated carbocycles. The number of aromatic hydroxyl groups is 1. The van der Waals surface area contributed by atoms with E-state index in [1.54, 1.807) is 11.1 Å². The molecule has 0 aliphatic carbocycles. The molecule has 11 nitrogen and oxygen atoms in total. The van der Waals surface area contributed by atoms with Gasteiger partial charge in [-0.1, -0.05) is 13.0 Å². The minimum atomic E-state index is -0.655. The highest BCUT2D eigenvalue weighted by molar-refractivity contribution is 5.94. The summed E-state index contributed by atoms with van der Waals surface area (Å²) in [4.78, 5) is 33.8. The quantitative estimate of drug-likeness (QED) is 0.220. The van der Waals surface area contributed by atoms with Gasteiger partial charge < -0.3 is 25.2 Å². The molecule has 4 heterocycles. The van der Waals surface area contributed by atoms with Crippen LogP contribution in [-0.4, -0.2) is 84.7 Å². The van der Waals surface area contributed by atoms with Gasteiger partial charge in [0.25, 0.3) is 5.91 Å². The van der Waals surface area contributed by atoms with Crippen molar-refractivity contribution >= 4 is 22.6 Å². The Balaban J connectivity index is 1.19. The first-order valence-corrected chi connectivity index (χ1v) is 13.9. The number of nitrogens with one attached hydrogen (secondary N) is 3. The number of carbonyl (C=O) groups is 1. The maximum Gasteiger partial charge on any atom is 0.274 e. The third kappa shape index (κ3) is 5.28. The van der Waals surface area contributed by atoms with E-state index in [2.05, 4.69) is 35.4 Å². The molecule has 216 valence electrons. The summed E-state index contributed by atoms with van der Waals surface area (Å²) in [6.07, 6.45) is 4.37. The number of aromatic amines is 2. The Morgan fingerprint density at radius 3 is 2.81 bits per heavy atom.